The van der Waals surface area contributed by atoms with Gasteiger partial charge in [-0.15, -0.1) is 0 Å². The molecule has 1 unspecified atom stereocenters. The first-order chi connectivity index (χ1) is 6.10. The molecular weight excluding hydrogens is 240 g/mol. The van der Waals surface area contributed by atoms with Crippen molar-refractivity contribution < 1.29 is 18.0 Å². The maximum absolute atomic E-state index is 12.2. The van der Waals surface area contributed by atoms with Crippen molar-refractivity contribution in [1.29, 1.82) is 0 Å². The Kier molecular flexibility index (Phi) is 2.66. The highest BCUT2D eigenvalue weighted by atomic mass is 35.5. The predicted molar refractivity (Wildman–Crippen MR) is 47.1 cm³/mol. The van der Waals surface area contributed by atoms with Crippen LogP contribution in [0.3, 0.4) is 0 Å². The van der Waals surface area contributed by atoms with Crippen LogP contribution < -0.4 is 0 Å². The molecule has 0 aliphatic heterocycles. The van der Waals surface area contributed by atoms with Gasteiger partial charge >= 0.3 is 6.18 Å². The summed E-state index contributed by atoms with van der Waals surface area (Å²) in [6.07, 6.45) is -4.60. The highest BCUT2D eigenvalue weighted by Gasteiger charge is 2.60. The van der Waals surface area contributed by atoms with Crippen molar-refractivity contribution in [2.24, 2.45) is 11.3 Å². The molecule has 0 aromatic carbocycles. The Morgan fingerprint density at radius 1 is 1.36 bits per heavy atom. The first kappa shape index (κ1) is 11.9. The number of carbonyl (C=O) groups is 1. The second kappa shape index (κ2) is 3.14. The van der Waals surface area contributed by atoms with E-state index in [1.807, 2.05) is 0 Å². The molecule has 0 bridgehead atoms. The molecule has 80 valence electrons. The van der Waals surface area contributed by atoms with Crippen LogP contribution in [0.2, 0.25) is 0 Å². The summed E-state index contributed by atoms with van der Waals surface area (Å²) in [5.74, 6) is -0.904. The largest absolute Gasteiger partial charge is 0.426 e. The molecule has 0 aromatic rings. The first-order valence-electron chi connectivity index (χ1n) is 3.77. The average Bonchev–Trinajstić information content (AvgIpc) is 2.49. The van der Waals surface area contributed by atoms with Gasteiger partial charge < -0.3 is 0 Å². The molecule has 0 spiro atoms. The number of hydrogen-bond acceptors (Lipinski definition) is 1. The Morgan fingerprint density at radius 3 is 2.00 bits per heavy atom. The number of halogens is 5. The lowest BCUT2D eigenvalue weighted by molar-refractivity contribution is -0.113. The summed E-state index contributed by atoms with van der Waals surface area (Å²) in [5, 5.41) is -2.02. The van der Waals surface area contributed by atoms with E-state index in [2.05, 4.69) is 0 Å². The van der Waals surface area contributed by atoms with Crippen LogP contribution >= 0.6 is 23.2 Å². The standard InChI is InChI=1S/C8H7Cl2F3O/c1-7(2)3(4(7)6(10)14)5(9)8(11,12)13/h4H,1-2H3/b5-3+. The molecule has 14 heavy (non-hydrogen) atoms. The number of alkyl halides is 3. The summed E-state index contributed by atoms with van der Waals surface area (Å²) < 4.78 is 36.5. The number of hydrogen-bond donors (Lipinski definition) is 0. The van der Waals surface area contributed by atoms with Gasteiger partial charge in [-0.25, -0.2) is 0 Å². The van der Waals surface area contributed by atoms with E-state index in [1.165, 1.54) is 13.8 Å². The fourth-order valence-electron chi connectivity index (χ4n) is 1.51. The Morgan fingerprint density at radius 2 is 1.79 bits per heavy atom. The maximum atomic E-state index is 12.2. The lowest BCUT2D eigenvalue weighted by Gasteiger charge is -2.03. The summed E-state index contributed by atoms with van der Waals surface area (Å²) in [4.78, 5) is 10.8. The number of rotatable bonds is 1. The third-order valence-corrected chi connectivity index (χ3v) is 2.97. The molecule has 0 heterocycles. The summed E-state index contributed by atoms with van der Waals surface area (Å²) in [6, 6.07) is 0. The van der Waals surface area contributed by atoms with Crippen molar-refractivity contribution in [3.8, 4) is 0 Å². The summed E-state index contributed by atoms with van der Waals surface area (Å²) in [6.45, 7) is 3.00. The maximum Gasteiger partial charge on any atom is 0.426 e. The van der Waals surface area contributed by atoms with Crippen LogP contribution in [0, 0.1) is 11.3 Å². The second-order valence-electron chi connectivity index (χ2n) is 3.68. The monoisotopic (exact) mass is 246 g/mol. The van der Waals surface area contributed by atoms with Crippen LogP contribution in [0.4, 0.5) is 13.2 Å². The van der Waals surface area contributed by atoms with Gasteiger partial charge in [0.05, 0.1) is 5.92 Å². The minimum atomic E-state index is -4.60. The van der Waals surface area contributed by atoms with Crippen molar-refractivity contribution in [1.82, 2.24) is 0 Å². The zero-order valence-electron chi connectivity index (χ0n) is 7.38. The molecule has 1 aliphatic rings. The van der Waals surface area contributed by atoms with Gasteiger partial charge in [-0.3, -0.25) is 4.79 Å². The molecule has 0 saturated heterocycles. The SMILES string of the molecule is CC1(C)/C(=C(/Cl)C(F)(F)F)C1C(=O)Cl. The zero-order valence-corrected chi connectivity index (χ0v) is 8.89. The predicted octanol–water partition coefficient (Wildman–Crippen LogP) is 3.46. The minimum Gasteiger partial charge on any atom is -0.281 e. The summed E-state index contributed by atoms with van der Waals surface area (Å²) in [7, 11) is 0. The van der Waals surface area contributed by atoms with Gasteiger partial charge in [0.2, 0.25) is 5.24 Å². The van der Waals surface area contributed by atoms with Crippen LogP contribution in [0.1, 0.15) is 13.8 Å². The summed E-state index contributed by atoms with van der Waals surface area (Å²) in [5.41, 5.74) is -0.988. The normalized spacial score (nSPS) is 28.6. The third-order valence-electron chi connectivity index (χ3n) is 2.33. The average molecular weight is 247 g/mol. The van der Waals surface area contributed by atoms with Crippen LogP contribution in [0.25, 0.3) is 0 Å². The molecule has 1 saturated carbocycles. The number of allylic oxidation sites excluding steroid dienone is 2. The first-order valence-corrected chi connectivity index (χ1v) is 4.52. The fraction of sp³-hybridized carbons (Fsp3) is 0.625. The molecule has 1 aliphatic carbocycles. The van der Waals surface area contributed by atoms with Crippen molar-refractivity contribution in [3.05, 3.63) is 10.6 Å². The zero-order chi connectivity index (χ0) is 11.3. The Labute approximate surface area is 88.9 Å². The highest BCUT2D eigenvalue weighted by Crippen LogP contribution is 2.62. The Balaban J connectivity index is 3.09. The molecule has 1 rings (SSSR count). The van der Waals surface area contributed by atoms with Crippen molar-refractivity contribution in [3.63, 3.8) is 0 Å². The second-order valence-corrected chi connectivity index (χ2v) is 4.43. The van der Waals surface area contributed by atoms with Crippen LogP contribution in [-0.4, -0.2) is 11.4 Å². The van der Waals surface area contributed by atoms with E-state index in [-0.39, 0.29) is 5.57 Å². The number of carbonyl (C=O) groups excluding carboxylic acids is 1. The lowest BCUT2D eigenvalue weighted by Crippen LogP contribution is -2.08. The van der Waals surface area contributed by atoms with Crippen LogP contribution in [0.5, 0.6) is 0 Å². The van der Waals surface area contributed by atoms with Crippen LogP contribution in [-0.2, 0) is 4.79 Å². The molecule has 0 radical (unpaired) electrons. The van der Waals surface area contributed by atoms with E-state index < -0.39 is 27.8 Å². The van der Waals surface area contributed by atoms with Gasteiger partial charge in [0.1, 0.15) is 5.03 Å². The topological polar surface area (TPSA) is 17.1 Å². The molecule has 0 amide bonds. The van der Waals surface area contributed by atoms with E-state index >= 15 is 0 Å². The molecule has 6 heteroatoms. The quantitative estimate of drug-likeness (QED) is 0.648. The molecule has 0 N–H and O–H groups in total. The third kappa shape index (κ3) is 1.77. The van der Waals surface area contributed by atoms with E-state index in [0.717, 1.165) is 0 Å². The van der Waals surface area contributed by atoms with Gasteiger partial charge in [0, 0.05) is 5.41 Å². The van der Waals surface area contributed by atoms with E-state index in [9.17, 15) is 18.0 Å². The highest BCUT2D eigenvalue weighted by molar-refractivity contribution is 6.65. The van der Waals surface area contributed by atoms with Gasteiger partial charge in [-0.2, -0.15) is 13.2 Å². The van der Waals surface area contributed by atoms with Crippen molar-refractivity contribution in [2.45, 2.75) is 20.0 Å². The smallest absolute Gasteiger partial charge is 0.281 e. The Bertz CT molecular complexity index is 317. The lowest BCUT2D eigenvalue weighted by atomic mass is 10.1. The van der Waals surface area contributed by atoms with Gasteiger partial charge in [0.15, 0.2) is 0 Å². The van der Waals surface area contributed by atoms with Crippen molar-refractivity contribution >= 4 is 28.4 Å². The molecule has 1 fully saturated rings. The van der Waals surface area contributed by atoms with Gasteiger partial charge in [0.25, 0.3) is 0 Å². The van der Waals surface area contributed by atoms with E-state index in [0.29, 0.717) is 0 Å². The van der Waals surface area contributed by atoms with Crippen molar-refractivity contribution in [2.75, 3.05) is 0 Å². The minimum absolute atomic E-state index is 0.119. The van der Waals surface area contributed by atoms with Gasteiger partial charge in [-0.05, 0) is 17.2 Å². The van der Waals surface area contributed by atoms with Crippen LogP contribution in [0.15, 0.2) is 10.6 Å². The van der Waals surface area contributed by atoms with E-state index in [4.69, 9.17) is 23.2 Å². The molecule has 0 aromatic heterocycles. The van der Waals surface area contributed by atoms with Gasteiger partial charge in [-0.1, -0.05) is 25.4 Å². The molecular formula is C8H7Cl2F3O. The van der Waals surface area contributed by atoms with E-state index in [1.54, 1.807) is 0 Å². The summed E-state index contributed by atoms with van der Waals surface area (Å²) >= 11 is 10.3. The Hall–Kier alpha value is -0.220. The molecule has 1 nitrogen and oxygen atoms in total. The fourth-order valence-corrected chi connectivity index (χ4v) is 2.24. The molecule has 1 atom stereocenters.